The topological polar surface area (TPSA) is 0 Å². The monoisotopic (exact) mass is 408 g/mol. The second-order valence-electron chi connectivity index (χ2n) is 7.29. The molecule has 0 fully saturated rings. The maximum atomic E-state index is 5.92. The molecule has 0 spiro atoms. The first-order valence-electron chi connectivity index (χ1n) is 10.1. The van der Waals surface area contributed by atoms with Gasteiger partial charge in [-0.15, -0.1) is 11.6 Å². The quantitative estimate of drug-likeness (QED) is 0.273. The lowest BCUT2D eigenvalue weighted by Gasteiger charge is -2.27. The van der Waals surface area contributed by atoms with Crippen molar-refractivity contribution in [2.45, 2.75) is 30.8 Å². The van der Waals surface area contributed by atoms with Gasteiger partial charge in [0.05, 0.1) is 9.52 Å². The number of hydrogen-bond acceptors (Lipinski definition) is 0. The smallest absolute Gasteiger partial charge is 0.103 e. The molecule has 0 aromatic heterocycles. The van der Waals surface area contributed by atoms with Gasteiger partial charge in [-0.05, 0) is 11.6 Å². The average Bonchev–Trinajstić information content (AvgIpc) is 2.73. The zero-order valence-corrected chi connectivity index (χ0v) is 19.3. The highest BCUT2D eigenvalue weighted by molar-refractivity contribution is 6.93. The van der Waals surface area contributed by atoms with E-state index in [0.29, 0.717) is 0 Å². The molecule has 0 aliphatic rings. The molecule has 0 bridgehead atoms. The van der Waals surface area contributed by atoms with E-state index in [2.05, 4.69) is 91.0 Å². The lowest BCUT2D eigenvalue weighted by molar-refractivity contribution is 0.688. The summed E-state index contributed by atoms with van der Waals surface area (Å²) in [5.74, 6) is 0.791. The lowest BCUT2D eigenvalue weighted by atomic mass is 10.2. The Labute approximate surface area is 173 Å². The molecule has 3 heteroatoms. The van der Waals surface area contributed by atoms with Gasteiger partial charge in [0.1, 0.15) is 8.80 Å². The highest BCUT2D eigenvalue weighted by atomic mass is 35.5. The van der Waals surface area contributed by atoms with Gasteiger partial charge in [0.15, 0.2) is 0 Å². The fourth-order valence-corrected chi connectivity index (χ4v) is 12.6. The lowest BCUT2D eigenvalue weighted by Crippen LogP contribution is -2.49. The molecule has 0 nitrogen and oxygen atoms in total. The molecule has 0 saturated carbocycles. The van der Waals surface area contributed by atoms with E-state index in [1.807, 2.05) is 0 Å². The fraction of sp³-hybridized carbons (Fsp3) is 0.250. The van der Waals surface area contributed by atoms with E-state index in [9.17, 15) is 0 Å². The van der Waals surface area contributed by atoms with Gasteiger partial charge in [-0.2, -0.15) is 0 Å². The van der Waals surface area contributed by atoms with Crippen LogP contribution in [0, 0.1) is 0 Å². The summed E-state index contributed by atoms with van der Waals surface area (Å²) in [6, 6.07) is 33.9. The van der Waals surface area contributed by atoms with Crippen molar-refractivity contribution in [1.82, 2.24) is 0 Å². The molecule has 1 atom stereocenters. The van der Waals surface area contributed by atoms with Gasteiger partial charge in [-0.25, -0.2) is 0 Å². The van der Waals surface area contributed by atoms with Gasteiger partial charge in [-0.1, -0.05) is 126 Å². The van der Waals surface area contributed by atoms with Crippen LogP contribution in [0.15, 0.2) is 91.0 Å². The Kier molecular flexibility index (Phi) is 8.41. The molecule has 0 unspecified atom stereocenters. The third-order valence-electron chi connectivity index (χ3n) is 5.34. The summed E-state index contributed by atoms with van der Waals surface area (Å²) in [5, 5.41) is 5.64. The minimum absolute atomic E-state index is 0.338. The Balaban J connectivity index is 1.90. The zero-order valence-electron chi connectivity index (χ0n) is 15.9. The molecule has 0 radical (unpaired) electrons. The summed E-state index contributed by atoms with van der Waals surface area (Å²) in [5.41, 5.74) is 0. The molecule has 27 heavy (non-hydrogen) atoms. The molecular weight excluding hydrogens is 380 g/mol. The molecular formula is C24H29ClSi2. The number of unbranched alkanes of at least 4 members (excludes halogenated alkanes) is 2. The third kappa shape index (κ3) is 6.20. The first kappa shape index (κ1) is 20.1. The second-order valence-corrected chi connectivity index (χ2v) is 14.1. The first-order valence-corrected chi connectivity index (χ1v) is 14.0. The zero-order chi connectivity index (χ0) is 18.7. The first-order chi connectivity index (χ1) is 13.4. The van der Waals surface area contributed by atoms with E-state index >= 15 is 0 Å². The average molecular weight is 409 g/mol. The molecule has 0 saturated heterocycles. The van der Waals surface area contributed by atoms with Crippen LogP contribution in [-0.4, -0.2) is 24.2 Å². The van der Waals surface area contributed by atoms with Crippen molar-refractivity contribution >= 4 is 45.5 Å². The van der Waals surface area contributed by atoms with Crippen molar-refractivity contribution < 1.29 is 0 Å². The summed E-state index contributed by atoms with van der Waals surface area (Å²) >= 11 is 5.92. The van der Waals surface area contributed by atoms with Gasteiger partial charge in [0.25, 0.3) is 0 Å². The van der Waals surface area contributed by atoms with Gasteiger partial charge < -0.3 is 0 Å². The Morgan fingerprint density at radius 1 is 0.667 bits per heavy atom. The van der Waals surface area contributed by atoms with Crippen molar-refractivity contribution in [2.24, 2.45) is 0 Å². The molecule has 140 valence electrons. The van der Waals surface area contributed by atoms with Crippen molar-refractivity contribution in [3.8, 4) is 0 Å². The number of hydrogen-bond donors (Lipinski definition) is 0. The van der Waals surface area contributed by atoms with Gasteiger partial charge in [0, 0.05) is 5.88 Å². The van der Waals surface area contributed by atoms with Crippen LogP contribution in [0.25, 0.3) is 0 Å². The number of rotatable bonds is 10. The molecule has 3 aromatic carbocycles. The van der Waals surface area contributed by atoms with Crippen LogP contribution < -0.4 is 15.6 Å². The highest BCUT2D eigenvalue weighted by Crippen LogP contribution is 2.19. The maximum Gasteiger partial charge on any atom is 0.103 e. The largest absolute Gasteiger partial charge is 0.127 e. The molecule has 0 heterocycles. The van der Waals surface area contributed by atoms with Crippen LogP contribution in [0.4, 0.5) is 0 Å². The predicted octanol–water partition coefficient (Wildman–Crippen LogP) is 3.65. The van der Waals surface area contributed by atoms with E-state index < -0.39 is 8.80 Å². The standard InChI is InChI=1S/C24H29ClSi2/c25-20-12-4-11-19-24(26-21-13-5-1-6-14-21)27(22-15-7-2-8-16-22)23-17-9-3-10-18-23/h1-3,5-10,13-18,24,27H,4,11-12,19-20,26H2/t24-/m1/s1. The summed E-state index contributed by atoms with van der Waals surface area (Å²) in [7, 11) is -1.60. The minimum Gasteiger partial charge on any atom is -0.127 e. The third-order valence-corrected chi connectivity index (χ3v) is 13.1. The van der Waals surface area contributed by atoms with Crippen LogP contribution in [0.1, 0.15) is 25.7 Å². The Morgan fingerprint density at radius 3 is 1.70 bits per heavy atom. The van der Waals surface area contributed by atoms with Crippen molar-refractivity contribution in [3.05, 3.63) is 91.0 Å². The van der Waals surface area contributed by atoms with E-state index in [-0.39, 0.29) is 9.52 Å². The van der Waals surface area contributed by atoms with Crippen molar-refractivity contribution in [3.63, 3.8) is 0 Å². The molecule has 0 amide bonds. The molecule has 3 rings (SSSR count). The van der Waals surface area contributed by atoms with E-state index in [1.54, 1.807) is 15.6 Å². The van der Waals surface area contributed by atoms with Crippen LogP contribution in [0.2, 0.25) is 5.16 Å². The molecule has 0 aliphatic heterocycles. The number of halogens is 1. The summed E-state index contributed by atoms with van der Waals surface area (Å²) in [6.45, 7) is 0. The Bertz CT molecular complexity index is 723. The van der Waals surface area contributed by atoms with E-state index in [4.69, 9.17) is 11.6 Å². The van der Waals surface area contributed by atoms with Gasteiger partial charge in [-0.3, -0.25) is 0 Å². The fourth-order valence-electron chi connectivity index (χ4n) is 4.04. The Hall–Kier alpha value is -1.62. The van der Waals surface area contributed by atoms with Crippen molar-refractivity contribution in [2.75, 3.05) is 5.88 Å². The van der Waals surface area contributed by atoms with E-state index in [1.165, 1.54) is 19.3 Å². The molecule has 3 aromatic rings. The van der Waals surface area contributed by atoms with Crippen molar-refractivity contribution in [1.29, 1.82) is 0 Å². The van der Waals surface area contributed by atoms with Crippen LogP contribution >= 0.6 is 11.6 Å². The summed E-state index contributed by atoms with van der Waals surface area (Å²) < 4.78 is 0. The predicted molar refractivity (Wildman–Crippen MR) is 127 cm³/mol. The number of benzene rings is 3. The Morgan fingerprint density at radius 2 is 1.19 bits per heavy atom. The van der Waals surface area contributed by atoms with Gasteiger partial charge in [0.2, 0.25) is 0 Å². The molecule has 0 aliphatic carbocycles. The van der Waals surface area contributed by atoms with E-state index in [0.717, 1.165) is 17.5 Å². The minimum atomic E-state index is -1.26. The normalized spacial score (nSPS) is 12.7. The van der Waals surface area contributed by atoms with Crippen LogP contribution in [0.3, 0.4) is 0 Å². The van der Waals surface area contributed by atoms with Gasteiger partial charge >= 0.3 is 0 Å². The van der Waals surface area contributed by atoms with Crippen LogP contribution in [-0.2, 0) is 0 Å². The number of alkyl halides is 1. The summed E-state index contributed by atoms with van der Waals surface area (Å²) in [4.78, 5) is 0. The maximum absolute atomic E-state index is 5.92. The van der Waals surface area contributed by atoms with Crippen LogP contribution in [0.5, 0.6) is 0 Å². The second kappa shape index (κ2) is 11.3. The summed E-state index contributed by atoms with van der Waals surface area (Å²) in [6.07, 6.45) is 5.05. The highest BCUT2D eigenvalue weighted by Gasteiger charge is 2.26. The SMILES string of the molecule is ClCCCCC[C@H]([SiH2]c1ccccc1)[SiH](c1ccccc1)c1ccccc1. The molecule has 0 N–H and O–H groups in total.